The number of nitrogens with one attached hydrogen (secondary N) is 2. The summed E-state index contributed by atoms with van der Waals surface area (Å²) in [6, 6.07) is 9.11. The van der Waals surface area contributed by atoms with Gasteiger partial charge in [-0.3, -0.25) is 9.59 Å². The highest BCUT2D eigenvalue weighted by Crippen LogP contribution is 2.43. The van der Waals surface area contributed by atoms with Crippen molar-refractivity contribution in [3.05, 3.63) is 57.8 Å². The zero-order valence-electron chi connectivity index (χ0n) is 20.1. The lowest BCUT2D eigenvalue weighted by atomic mass is 9.63. The van der Waals surface area contributed by atoms with E-state index < -0.39 is 23.6 Å². The molecule has 5 rings (SSSR count). The Kier molecular flexibility index (Phi) is 7.52. The van der Waals surface area contributed by atoms with E-state index in [1.54, 1.807) is 12.1 Å². The molecule has 5 atom stereocenters. The lowest BCUT2D eigenvalue weighted by Crippen LogP contribution is -2.67. The van der Waals surface area contributed by atoms with E-state index >= 15 is 0 Å². The van der Waals surface area contributed by atoms with Crippen LogP contribution in [0.1, 0.15) is 44.1 Å². The number of aliphatic hydroxyl groups is 1. The Labute approximate surface area is 224 Å². The van der Waals surface area contributed by atoms with Gasteiger partial charge >= 0.3 is 0 Å². The molecule has 3 N–H and O–H groups in total. The van der Waals surface area contributed by atoms with E-state index in [0.717, 1.165) is 24.5 Å². The Morgan fingerprint density at radius 2 is 2.03 bits per heavy atom. The molecule has 0 spiro atoms. The minimum Gasteiger partial charge on any atom is -0.484 e. The summed E-state index contributed by atoms with van der Waals surface area (Å²) in [6.45, 7) is -0.284. The normalized spacial score (nSPS) is 28.4. The van der Waals surface area contributed by atoms with Gasteiger partial charge in [0.05, 0.1) is 16.7 Å². The molecule has 2 amide bonds. The average molecular weight is 551 g/mol. The first-order chi connectivity index (χ1) is 17.7. The third-order valence-electron chi connectivity index (χ3n) is 7.75. The van der Waals surface area contributed by atoms with Crippen LogP contribution in [0.25, 0.3) is 0 Å². The fraction of sp³-hybridized carbons (Fsp3) is 0.481. The first-order valence-electron chi connectivity index (χ1n) is 12.5. The van der Waals surface area contributed by atoms with E-state index in [4.69, 9.17) is 32.7 Å². The van der Waals surface area contributed by atoms with Gasteiger partial charge in [-0.1, -0.05) is 29.6 Å². The monoisotopic (exact) mass is 550 g/mol. The third-order valence-corrected chi connectivity index (χ3v) is 8.29. The van der Waals surface area contributed by atoms with Crippen molar-refractivity contribution in [3.63, 3.8) is 0 Å². The number of hydrogen-bond acceptors (Lipinski definition) is 5. The van der Waals surface area contributed by atoms with Crippen LogP contribution in [0.4, 0.5) is 4.39 Å². The molecule has 1 aliphatic heterocycles. The molecule has 2 aromatic rings. The number of rotatable bonds is 6. The summed E-state index contributed by atoms with van der Waals surface area (Å²) < 4.78 is 25.0. The van der Waals surface area contributed by atoms with Crippen molar-refractivity contribution in [2.45, 2.75) is 68.7 Å². The zero-order valence-corrected chi connectivity index (χ0v) is 21.7. The summed E-state index contributed by atoms with van der Waals surface area (Å²) in [5, 5.41) is 17.8. The second-order valence-corrected chi connectivity index (χ2v) is 11.0. The third kappa shape index (κ3) is 5.66. The molecule has 7 nitrogen and oxygen atoms in total. The van der Waals surface area contributed by atoms with E-state index in [9.17, 15) is 19.1 Å². The molecular weight excluding hydrogens is 522 g/mol. The van der Waals surface area contributed by atoms with Crippen molar-refractivity contribution < 1.29 is 28.6 Å². The molecule has 0 radical (unpaired) electrons. The number of halogens is 3. The lowest BCUT2D eigenvalue weighted by Gasteiger charge is -2.52. The van der Waals surface area contributed by atoms with Crippen molar-refractivity contribution in [2.75, 3.05) is 6.61 Å². The second-order valence-electron chi connectivity index (χ2n) is 10.2. The molecule has 4 unspecified atom stereocenters. The number of aryl methyl sites for hydroxylation is 1. The first-order valence-corrected chi connectivity index (χ1v) is 13.3. The highest BCUT2D eigenvalue weighted by molar-refractivity contribution is 6.31. The fourth-order valence-corrected chi connectivity index (χ4v) is 6.17. The van der Waals surface area contributed by atoms with Crippen LogP contribution in [0.3, 0.4) is 0 Å². The van der Waals surface area contributed by atoms with Crippen LogP contribution < -0.4 is 20.1 Å². The van der Waals surface area contributed by atoms with Gasteiger partial charge in [-0.2, -0.15) is 0 Å². The second kappa shape index (κ2) is 10.7. The summed E-state index contributed by atoms with van der Waals surface area (Å²) in [7, 11) is 0. The predicted molar refractivity (Wildman–Crippen MR) is 136 cm³/mol. The highest BCUT2D eigenvalue weighted by atomic mass is 35.5. The molecule has 2 bridgehead atoms. The first kappa shape index (κ1) is 26.1. The molecular formula is C27H29Cl2FN2O5. The molecule has 198 valence electrons. The summed E-state index contributed by atoms with van der Waals surface area (Å²) >= 11 is 11.7. The van der Waals surface area contributed by atoms with Gasteiger partial charge in [0.25, 0.3) is 11.8 Å². The molecule has 0 saturated heterocycles. The quantitative estimate of drug-likeness (QED) is 0.500. The molecule has 2 fully saturated rings. The standard InChI is InChI=1S/C27H29Cl2FN2O5/c28-17-4-8-22-15(10-17)3-7-23(37-22)26(35)32-27-9-1-2-16(13-27)21(12-24(27)33)31-25(34)14-36-18-5-6-19(29)20(30)11-18/h4-6,8,10-11,16,21,23-24,33H,1-3,7,9,12-14H2,(H,31,34)(H,32,35)/t16?,21?,23?,24-,27?/m0/s1. The van der Waals surface area contributed by atoms with Gasteiger partial charge in [-0.25, -0.2) is 4.39 Å². The molecule has 0 aromatic heterocycles. The van der Waals surface area contributed by atoms with Gasteiger partial charge in [-0.05, 0) is 80.3 Å². The zero-order chi connectivity index (χ0) is 26.2. The highest BCUT2D eigenvalue weighted by Gasteiger charge is 2.51. The van der Waals surface area contributed by atoms with E-state index in [-0.39, 0.29) is 41.2 Å². The number of fused-ring (bicyclic) bond motifs is 3. The van der Waals surface area contributed by atoms with Crippen molar-refractivity contribution in [3.8, 4) is 11.5 Å². The number of carbonyl (C=O) groups excluding carboxylic acids is 2. The maximum absolute atomic E-state index is 13.6. The number of hydrogen-bond donors (Lipinski definition) is 3. The van der Waals surface area contributed by atoms with Gasteiger partial charge in [0.1, 0.15) is 17.3 Å². The Morgan fingerprint density at radius 3 is 2.84 bits per heavy atom. The Hall–Kier alpha value is -2.55. The van der Waals surface area contributed by atoms with Gasteiger partial charge < -0.3 is 25.2 Å². The Morgan fingerprint density at radius 1 is 1.19 bits per heavy atom. The van der Waals surface area contributed by atoms with Crippen molar-refractivity contribution in [2.24, 2.45) is 5.92 Å². The van der Waals surface area contributed by atoms with Crippen LogP contribution in [-0.4, -0.2) is 47.3 Å². The average Bonchev–Trinajstić information content (AvgIpc) is 2.88. The lowest BCUT2D eigenvalue weighted by molar-refractivity contribution is -0.137. The fourth-order valence-electron chi connectivity index (χ4n) is 5.86. The Bertz CT molecular complexity index is 1200. The van der Waals surface area contributed by atoms with Crippen molar-refractivity contribution >= 4 is 35.0 Å². The van der Waals surface area contributed by atoms with Crippen LogP contribution in [-0.2, 0) is 16.0 Å². The number of benzene rings is 2. The van der Waals surface area contributed by atoms with E-state index in [2.05, 4.69) is 10.6 Å². The molecule has 1 heterocycles. The smallest absolute Gasteiger partial charge is 0.261 e. The molecule has 10 heteroatoms. The van der Waals surface area contributed by atoms with Gasteiger partial charge in [0.15, 0.2) is 12.7 Å². The summed E-state index contributed by atoms with van der Waals surface area (Å²) in [4.78, 5) is 25.8. The number of aliphatic hydroxyl groups excluding tert-OH is 1. The van der Waals surface area contributed by atoms with Gasteiger partial charge in [0.2, 0.25) is 0 Å². The molecule has 2 aromatic carbocycles. The molecule has 37 heavy (non-hydrogen) atoms. The van der Waals surface area contributed by atoms with Crippen LogP contribution >= 0.6 is 23.2 Å². The van der Waals surface area contributed by atoms with Gasteiger partial charge in [0, 0.05) is 17.1 Å². The van der Waals surface area contributed by atoms with E-state index in [0.29, 0.717) is 42.9 Å². The Balaban J connectivity index is 1.17. The molecule has 3 aliphatic rings. The van der Waals surface area contributed by atoms with Gasteiger partial charge in [-0.15, -0.1) is 0 Å². The maximum atomic E-state index is 13.6. The van der Waals surface area contributed by atoms with Crippen LogP contribution in [0.2, 0.25) is 10.0 Å². The largest absolute Gasteiger partial charge is 0.484 e. The topological polar surface area (TPSA) is 96.9 Å². The SMILES string of the molecule is O=C(COc1ccc(Cl)c(F)c1)NC1C[C@H](O)C2(NC(=O)C3CCc4cc(Cl)ccc4O3)CCCC1C2. The van der Waals surface area contributed by atoms with Crippen molar-refractivity contribution in [1.82, 2.24) is 10.6 Å². The predicted octanol–water partition coefficient (Wildman–Crippen LogP) is 4.20. The van der Waals surface area contributed by atoms with Crippen LogP contribution in [0, 0.1) is 11.7 Å². The molecule has 2 saturated carbocycles. The summed E-state index contributed by atoms with van der Waals surface area (Å²) in [6.07, 6.45) is 3.01. The van der Waals surface area contributed by atoms with Crippen LogP contribution in [0.15, 0.2) is 36.4 Å². The maximum Gasteiger partial charge on any atom is 0.261 e. The number of amides is 2. The number of ether oxygens (including phenoxy) is 2. The van der Waals surface area contributed by atoms with Crippen molar-refractivity contribution in [1.29, 1.82) is 0 Å². The van der Waals surface area contributed by atoms with Crippen LogP contribution in [0.5, 0.6) is 11.5 Å². The molecule has 2 aliphatic carbocycles. The number of carbonyl (C=O) groups is 2. The minimum absolute atomic E-state index is 0.0225. The minimum atomic E-state index is -0.820. The summed E-state index contributed by atoms with van der Waals surface area (Å²) in [5.74, 6) is -0.246. The van der Waals surface area contributed by atoms with E-state index in [1.807, 2.05) is 6.07 Å². The van der Waals surface area contributed by atoms with E-state index in [1.165, 1.54) is 12.1 Å². The summed E-state index contributed by atoms with van der Waals surface area (Å²) in [5.41, 5.74) is 0.233.